The third-order valence-electron chi connectivity index (χ3n) is 6.62. The summed E-state index contributed by atoms with van der Waals surface area (Å²) in [6.07, 6.45) is 2.96. The largest absolute Gasteiger partial charge is 0.496 e. The van der Waals surface area contributed by atoms with E-state index in [1.807, 2.05) is 12.1 Å². The molecule has 2 aromatic carbocycles. The number of carbonyl (C=O) groups is 1. The molecule has 2 aromatic heterocycles. The van der Waals surface area contributed by atoms with E-state index in [0.717, 1.165) is 32.9 Å². The van der Waals surface area contributed by atoms with Gasteiger partial charge in [0, 0.05) is 25.2 Å². The number of hydrogen-bond acceptors (Lipinski definition) is 9. The number of ether oxygens (including phenoxy) is 1. The predicted octanol–water partition coefficient (Wildman–Crippen LogP) is 3.79. The number of methoxy groups -OCH3 is 1. The number of aryl methyl sites for hydroxylation is 1. The lowest BCUT2D eigenvalue weighted by Crippen LogP contribution is -2.34. The highest BCUT2D eigenvalue weighted by Crippen LogP contribution is 2.38. The standard InChI is InChI=1S/C27H28FN5O3S/c1-3-23-32-25-22(37-23)8-7-15(26(25)33-13-16(29)12-17(33)14-34)11-20(35)19-9-10-30-27(31-19)24-18(28)5-4-6-21(24)36-2/h4-10,16-17,34H,3,11-14,29H2,1-2H3/t16-,17-/m0/s1. The number of ketones is 1. The molecule has 10 heteroatoms. The number of rotatable bonds is 8. The summed E-state index contributed by atoms with van der Waals surface area (Å²) in [6.45, 7) is 2.58. The second-order valence-electron chi connectivity index (χ2n) is 9.05. The summed E-state index contributed by atoms with van der Waals surface area (Å²) in [6, 6.07) is 9.67. The quantitative estimate of drug-likeness (QED) is 0.337. The fraction of sp³-hybridized carbons (Fsp3) is 0.333. The van der Waals surface area contributed by atoms with Gasteiger partial charge in [-0.15, -0.1) is 11.3 Å². The molecule has 0 amide bonds. The summed E-state index contributed by atoms with van der Waals surface area (Å²) < 4.78 is 20.9. The number of anilines is 1. The molecule has 0 radical (unpaired) electrons. The number of nitrogens with two attached hydrogens (primary N) is 1. The zero-order valence-corrected chi connectivity index (χ0v) is 21.5. The molecule has 1 saturated heterocycles. The molecule has 0 aliphatic carbocycles. The van der Waals surface area contributed by atoms with Crippen LogP contribution in [0, 0.1) is 5.82 Å². The van der Waals surface area contributed by atoms with Crippen LogP contribution in [0.5, 0.6) is 5.75 Å². The van der Waals surface area contributed by atoms with Gasteiger partial charge in [-0.2, -0.15) is 0 Å². The number of fused-ring (bicyclic) bond motifs is 1. The molecule has 8 nitrogen and oxygen atoms in total. The topological polar surface area (TPSA) is 114 Å². The number of nitrogens with zero attached hydrogens (tertiary/aromatic N) is 4. The van der Waals surface area contributed by atoms with E-state index in [1.54, 1.807) is 17.4 Å². The van der Waals surface area contributed by atoms with E-state index in [2.05, 4.69) is 21.8 Å². The van der Waals surface area contributed by atoms with Gasteiger partial charge in [-0.3, -0.25) is 4.79 Å². The summed E-state index contributed by atoms with van der Waals surface area (Å²) in [5, 5.41) is 11.1. The molecule has 192 valence electrons. The molecular weight excluding hydrogens is 493 g/mol. The average Bonchev–Trinajstić information content (AvgIpc) is 3.51. The molecule has 3 heterocycles. The lowest BCUT2D eigenvalue weighted by molar-refractivity contribution is 0.0988. The Labute approximate surface area is 218 Å². The van der Waals surface area contributed by atoms with Crippen LogP contribution in [0.25, 0.3) is 21.6 Å². The number of benzene rings is 2. The van der Waals surface area contributed by atoms with Gasteiger partial charge >= 0.3 is 0 Å². The summed E-state index contributed by atoms with van der Waals surface area (Å²) in [7, 11) is 1.44. The molecule has 0 saturated carbocycles. The molecule has 1 aliphatic rings. The molecule has 1 fully saturated rings. The van der Waals surface area contributed by atoms with Crippen LogP contribution in [0.4, 0.5) is 10.1 Å². The Morgan fingerprint density at radius 2 is 2.11 bits per heavy atom. The summed E-state index contributed by atoms with van der Waals surface area (Å²) in [4.78, 5) is 29.0. The lowest BCUT2D eigenvalue weighted by atomic mass is 10.0. The van der Waals surface area contributed by atoms with Crippen molar-refractivity contribution in [2.75, 3.05) is 25.2 Å². The maximum atomic E-state index is 14.6. The van der Waals surface area contributed by atoms with Crippen molar-refractivity contribution in [3.63, 3.8) is 0 Å². The van der Waals surface area contributed by atoms with Crippen LogP contribution in [-0.4, -0.2) is 58.2 Å². The van der Waals surface area contributed by atoms with E-state index < -0.39 is 5.82 Å². The van der Waals surface area contributed by atoms with E-state index >= 15 is 0 Å². The van der Waals surface area contributed by atoms with E-state index in [-0.39, 0.29) is 53.7 Å². The van der Waals surface area contributed by atoms with Crippen molar-refractivity contribution in [1.82, 2.24) is 15.0 Å². The fourth-order valence-electron chi connectivity index (χ4n) is 4.87. The molecule has 5 rings (SSSR count). The number of halogens is 1. The molecule has 0 bridgehead atoms. The summed E-state index contributed by atoms with van der Waals surface area (Å²) in [5.41, 5.74) is 8.97. The van der Waals surface area contributed by atoms with Crippen molar-refractivity contribution in [1.29, 1.82) is 0 Å². The smallest absolute Gasteiger partial charge is 0.185 e. The van der Waals surface area contributed by atoms with Gasteiger partial charge in [0.05, 0.1) is 40.7 Å². The number of aliphatic hydroxyl groups excluding tert-OH is 1. The number of thiazole rings is 1. The monoisotopic (exact) mass is 521 g/mol. The molecule has 2 atom stereocenters. The first kappa shape index (κ1) is 25.2. The third kappa shape index (κ3) is 4.79. The molecule has 37 heavy (non-hydrogen) atoms. The van der Waals surface area contributed by atoms with Gasteiger partial charge in [0.2, 0.25) is 0 Å². The minimum absolute atomic E-state index is 0.0397. The number of Topliss-reactive ketones (excluding diaryl/α,β-unsaturated/α-hetero) is 1. The first-order valence-corrected chi connectivity index (χ1v) is 13.0. The average molecular weight is 522 g/mol. The summed E-state index contributed by atoms with van der Waals surface area (Å²) >= 11 is 1.62. The predicted molar refractivity (Wildman–Crippen MR) is 142 cm³/mol. The highest BCUT2D eigenvalue weighted by Gasteiger charge is 2.33. The van der Waals surface area contributed by atoms with Crippen LogP contribution in [0.3, 0.4) is 0 Å². The van der Waals surface area contributed by atoms with Crippen molar-refractivity contribution in [2.45, 2.75) is 38.3 Å². The van der Waals surface area contributed by atoms with E-state index in [1.165, 1.54) is 31.5 Å². The van der Waals surface area contributed by atoms with Crippen LogP contribution in [0.15, 0.2) is 42.6 Å². The number of hydrogen-bond donors (Lipinski definition) is 2. The third-order valence-corrected chi connectivity index (χ3v) is 7.79. The number of carbonyl (C=O) groups excluding carboxylic acids is 1. The Kier molecular flexibility index (Phi) is 7.14. The molecule has 0 unspecified atom stereocenters. The van der Waals surface area contributed by atoms with Crippen LogP contribution in [-0.2, 0) is 12.8 Å². The maximum Gasteiger partial charge on any atom is 0.185 e. The molecular formula is C27H28FN5O3S. The van der Waals surface area contributed by atoms with E-state index in [9.17, 15) is 14.3 Å². The minimum Gasteiger partial charge on any atom is -0.496 e. The lowest BCUT2D eigenvalue weighted by Gasteiger charge is -2.28. The van der Waals surface area contributed by atoms with Gasteiger partial charge in [-0.05, 0) is 42.7 Å². The maximum absolute atomic E-state index is 14.6. The van der Waals surface area contributed by atoms with Gasteiger partial charge in [0.15, 0.2) is 11.6 Å². The van der Waals surface area contributed by atoms with Crippen molar-refractivity contribution in [3.8, 4) is 17.1 Å². The zero-order valence-electron chi connectivity index (χ0n) is 20.6. The van der Waals surface area contributed by atoms with Crippen LogP contribution >= 0.6 is 11.3 Å². The zero-order chi connectivity index (χ0) is 26.1. The van der Waals surface area contributed by atoms with Crippen molar-refractivity contribution in [2.24, 2.45) is 5.73 Å². The van der Waals surface area contributed by atoms with Crippen molar-refractivity contribution < 1.29 is 19.0 Å². The van der Waals surface area contributed by atoms with Gasteiger partial charge in [0.1, 0.15) is 22.8 Å². The highest BCUT2D eigenvalue weighted by molar-refractivity contribution is 7.18. The highest BCUT2D eigenvalue weighted by atomic mass is 32.1. The van der Waals surface area contributed by atoms with Crippen molar-refractivity contribution in [3.05, 3.63) is 64.7 Å². The normalized spacial score (nSPS) is 17.5. The first-order valence-electron chi connectivity index (χ1n) is 12.2. The molecule has 0 spiro atoms. The minimum atomic E-state index is -0.535. The van der Waals surface area contributed by atoms with Gasteiger partial charge in [-0.1, -0.05) is 19.1 Å². The number of aliphatic hydroxyl groups is 1. The van der Waals surface area contributed by atoms with Gasteiger partial charge < -0.3 is 20.5 Å². The van der Waals surface area contributed by atoms with Gasteiger partial charge in [-0.25, -0.2) is 19.3 Å². The molecule has 3 N–H and O–H groups in total. The molecule has 4 aromatic rings. The Bertz CT molecular complexity index is 1460. The second kappa shape index (κ2) is 10.5. The van der Waals surface area contributed by atoms with Crippen LogP contribution in [0.2, 0.25) is 0 Å². The Hall–Kier alpha value is -3.47. The fourth-order valence-corrected chi connectivity index (χ4v) is 5.78. The Balaban J connectivity index is 1.54. The van der Waals surface area contributed by atoms with Crippen LogP contribution in [0.1, 0.15) is 34.4 Å². The Morgan fingerprint density at radius 1 is 1.27 bits per heavy atom. The van der Waals surface area contributed by atoms with Crippen LogP contribution < -0.4 is 15.4 Å². The van der Waals surface area contributed by atoms with Gasteiger partial charge in [0.25, 0.3) is 0 Å². The summed E-state index contributed by atoms with van der Waals surface area (Å²) in [5.74, 6) is -0.413. The second-order valence-corrected chi connectivity index (χ2v) is 10.2. The van der Waals surface area contributed by atoms with E-state index in [4.69, 9.17) is 15.5 Å². The van der Waals surface area contributed by atoms with Crippen molar-refractivity contribution >= 4 is 33.0 Å². The Morgan fingerprint density at radius 3 is 2.86 bits per heavy atom. The molecule has 1 aliphatic heterocycles. The van der Waals surface area contributed by atoms with E-state index in [0.29, 0.717) is 13.0 Å². The number of aromatic nitrogens is 3. The SMILES string of the molecule is CCc1nc2c(N3C[C@@H](N)C[C@H]3CO)c(CC(=O)c3ccnc(-c4c(F)cccc4OC)n3)ccc2s1. The first-order chi connectivity index (χ1) is 17.9.